The van der Waals surface area contributed by atoms with Crippen LogP contribution in [0.15, 0.2) is 54.6 Å². The van der Waals surface area contributed by atoms with Crippen molar-refractivity contribution in [2.45, 2.75) is 12.5 Å². The Morgan fingerprint density at radius 2 is 1.75 bits per heavy atom. The van der Waals surface area contributed by atoms with E-state index in [2.05, 4.69) is 10.6 Å². The summed E-state index contributed by atoms with van der Waals surface area (Å²) in [6.07, 6.45) is 2.52. The molecule has 4 nitrogen and oxygen atoms in total. The van der Waals surface area contributed by atoms with Gasteiger partial charge < -0.3 is 10.6 Å². The predicted molar refractivity (Wildman–Crippen MR) is 101 cm³/mol. The van der Waals surface area contributed by atoms with Crippen molar-refractivity contribution in [2.75, 3.05) is 17.3 Å². The van der Waals surface area contributed by atoms with Gasteiger partial charge >= 0.3 is 0 Å². The van der Waals surface area contributed by atoms with Gasteiger partial charge in [0.25, 0.3) is 5.91 Å². The molecule has 0 bridgehead atoms. The smallest absolute Gasteiger partial charge is 0.251 e. The minimum atomic E-state index is -0.596. The van der Waals surface area contributed by atoms with Crippen molar-refractivity contribution in [1.29, 1.82) is 0 Å². The maximum atomic E-state index is 12.5. The highest BCUT2D eigenvalue weighted by Gasteiger charge is 2.21. The van der Waals surface area contributed by atoms with E-state index in [0.29, 0.717) is 22.7 Å². The van der Waals surface area contributed by atoms with Crippen molar-refractivity contribution >= 4 is 40.9 Å². The van der Waals surface area contributed by atoms with Gasteiger partial charge in [0.05, 0.1) is 0 Å². The van der Waals surface area contributed by atoms with Gasteiger partial charge in [-0.3, -0.25) is 9.59 Å². The van der Waals surface area contributed by atoms with E-state index >= 15 is 0 Å². The summed E-state index contributed by atoms with van der Waals surface area (Å²) in [4.78, 5) is 24.8. The number of benzene rings is 2. The van der Waals surface area contributed by atoms with Crippen LogP contribution in [0.3, 0.4) is 0 Å². The Labute approximate surface area is 151 Å². The molecular formula is C18H19ClN2O2S. The Hall–Kier alpha value is -1.98. The van der Waals surface area contributed by atoms with Crippen LogP contribution in [0.4, 0.5) is 5.69 Å². The van der Waals surface area contributed by atoms with E-state index in [1.807, 2.05) is 12.3 Å². The first-order chi connectivity index (χ1) is 11.6. The van der Waals surface area contributed by atoms with E-state index in [4.69, 9.17) is 11.6 Å². The van der Waals surface area contributed by atoms with Crippen LogP contribution in [0.5, 0.6) is 0 Å². The Kier molecular flexibility index (Phi) is 7.15. The fourth-order valence-corrected chi connectivity index (χ4v) is 2.70. The fraction of sp³-hybridized carbons (Fsp3) is 0.222. The van der Waals surface area contributed by atoms with Crippen LogP contribution in [0.2, 0.25) is 5.02 Å². The molecular weight excluding hydrogens is 344 g/mol. The van der Waals surface area contributed by atoms with Gasteiger partial charge in [-0.2, -0.15) is 11.8 Å². The quantitative estimate of drug-likeness (QED) is 0.787. The van der Waals surface area contributed by atoms with Crippen LogP contribution in [0.1, 0.15) is 16.8 Å². The summed E-state index contributed by atoms with van der Waals surface area (Å²) in [5, 5.41) is 6.22. The molecule has 2 rings (SSSR count). The van der Waals surface area contributed by atoms with E-state index in [-0.39, 0.29) is 11.8 Å². The third kappa shape index (κ3) is 5.58. The topological polar surface area (TPSA) is 58.2 Å². The SMILES string of the molecule is CSCC[C@H](NC(=O)c1ccccc1)C(=O)Nc1ccc(Cl)cc1. The maximum Gasteiger partial charge on any atom is 0.251 e. The van der Waals surface area contributed by atoms with Crippen LogP contribution in [0.25, 0.3) is 0 Å². The van der Waals surface area contributed by atoms with Gasteiger partial charge in [0.2, 0.25) is 5.91 Å². The number of anilines is 1. The Balaban J connectivity index is 2.04. The second-order valence-electron chi connectivity index (χ2n) is 5.17. The molecule has 0 fully saturated rings. The zero-order chi connectivity index (χ0) is 17.4. The second-order valence-corrected chi connectivity index (χ2v) is 6.59. The Morgan fingerprint density at radius 3 is 2.38 bits per heavy atom. The Bertz CT molecular complexity index is 677. The molecule has 126 valence electrons. The molecule has 0 aliphatic carbocycles. The number of thioether (sulfide) groups is 1. The van der Waals surface area contributed by atoms with Crippen molar-refractivity contribution < 1.29 is 9.59 Å². The minimum Gasteiger partial charge on any atom is -0.340 e. The van der Waals surface area contributed by atoms with Crippen molar-refractivity contribution in [1.82, 2.24) is 5.32 Å². The number of carbonyl (C=O) groups is 2. The third-order valence-electron chi connectivity index (χ3n) is 3.38. The van der Waals surface area contributed by atoms with E-state index in [9.17, 15) is 9.59 Å². The van der Waals surface area contributed by atoms with Crippen molar-refractivity contribution in [3.63, 3.8) is 0 Å². The first kappa shape index (κ1) is 18.4. The van der Waals surface area contributed by atoms with E-state index < -0.39 is 6.04 Å². The van der Waals surface area contributed by atoms with E-state index in [0.717, 1.165) is 5.75 Å². The van der Waals surface area contributed by atoms with Crippen LogP contribution < -0.4 is 10.6 Å². The summed E-state index contributed by atoms with van der Waals surface area (Å²) in [5.41, 5.74) is 1.18. The molecule has 2 N–H and O–H groups in total. The fourth-order valence-electron chi connectivity index (χ4n) is 2.10. The molecule has 2 aromatic carbocycles. The van der Waals surface area contributed by atoms with Crippen LogP contribution in [-0.4, -0.2) is 29.9 Å². The molecule has 0 aromatic heterocycles. The highest BCUT2D eigenvalue weighted by Crippen LogP contribution is 2.14. The molecule has 2 amide bonds. The van der Waals surface area contributed by atoms with Crippen molar-refractivity contribution in [2.24, 2.45) is 0 Å². The molecule has 0 saturated carbocycles. The first-order valence-electron chi connectivity index (χ1n) is 7.51. The molecule has 0 saturated heterocycles. The standard InChI is InChI=1S/C18H19ClN2O2S/c1-24-12-11-16(21-17(22)13-5-3-2-4-6-13)18(23)20-15-9-7-14(19)8-10-15/h2-10,16H,11-12H2,1H3,(H,20,23)(H,21,22)/t16-/m0/s1. The number of nitrogens with one attached hydrogen (secondary N) is 2. The van der Waals surface area contributed by atoms with Crippen molar-refractivity contribution in [3.8, 4) is 0 Å². The third-order valence-corrected chi connectivity index (χ3v) is 4.28. The molecule has 0 radical (unpaired) electrons. The average Bonchev–Trinajstić information content (AvgIpc) is 2.61. The van der Waals surface area contributed by atoms with E-state index in [1.165, 1.54) is 0 Å². The normalized spacial score (nSPS) is 11.6. The van der Waals surface area contributed by atoms with Gasteiger partial charge in [0, 0.05) is 16.3 Å². The number of rotatable bonds is 7. The lowest BCUT2D eigenvalue weighted by atomic mass is 10.1. The molecule has 6 heteroatoms. The van der Waals surface area contributed by atoms with E-state index in [1.54, 1.807) is 60.3 Å². The van der Waals surface area contributed by atoms with Crippen LogP contribution in [0, 0.1) is 0 Å². The lowest BCUT2D eigenvalue weighted by Gasteiger charge is -2.18. The lowest BCUT2D eigenvalue weighted by molar-refractivity contribution is -0.118. The van der Waals surface area contributed by atoms with Gasteiger partial charge in [0.15, 0.2) is 0 Å². The van der Waals surface area contributed by atoms with Gasteiger partial charge in [-0.15, -0.1) is 0 Å². The average molecular weight is 363 g/mol. The maximum absolute atomic E-state index is 12.5. The molecule has 2 aromatic rings. The monoisotopic (exact) mass is 362 g/mol. The zero-order valence-corrected chi connectivity index (χ0v) is 14.9. The largest absolute Gasteiger partial charge is 0.340 e. The summed E-state index contributed by atoms with van der Waals surface area (Å²) < 4.78 is 0. The van der Waals surface area contributed by atoms with Crippen molar-refractivity contribution in [3.05, 3.63) is 65.2 Å². The summed E-state index contributed by atoms with van der Waals surface area (Å²) in [6, 6.07) is 15.1. The first-order valence-corrected chi connectivity index (χ1v) is 9.28. The highest BCUT2D eigenvalue weighted by molar-refractivity contribution is 7.98. The van der Waals surface area contributed by atoms with Gasteiger partial charge in [-0.25, -0.2) is 0 Å². The molecule has 0 aliphatic rings. The molecule has 0 spiro atoms. The molecule has 1 atom stereocenters. The second kappa shape index (κ2) is 9.35. The summed E-state index contributed by atoms with van der Waals surface area (Å²) in [5.74, 6) is 0.275. The zero-order valence-electron chi connectivity index (χ0n) is 13.3. The summed E-state index contributed by atoms with van der Waals surface area (Å²) in [7, 11) is 0. The van der Waals surface area contributed by atoms with Crippen LogP contribution in [-0.2, 0) is 4.79 Å². The number of hydrogen-bond acceptors (Lipinski definition) is 3. The van der Waals surface area contributed by atoms with Crippen LogP contribution >= 0.6 is 23.4 Å². The van der Waals surface area contributed by atoms with Gasteiger partial charge in [-0.05, 0) is 54.8 Å². The summed E-state index contributed by atoms with van der Waals surface area (Å²) in [6.45, 7) is 0. The van der Waals surface area contributed by atoms with Gasteiger partial charge in [0.1, 0.15) is 6.04 Å². The predicted octanol–water partition coefficient (Wildman–Crippen LogP) is 3.83. The minimum absolute atomic E-state index is 0.240. The molecule has 24 heavy (non-hydrogen) atoms. The number of carbonyl (C=O) groups excluding carboxylic acids is 2. The highest BCUT2D eigenvalue weighted by atomic mass is 35.5. The molecule has 0 aliphatic heterocycles. The molecule has 0 heterocycles. The molecule has 0 unspecified atom stereocenters. The summed E-state index contributed by atoms with van der Waals surface area (Å²) >= 11 is 7.47. The van der Waals surface area contributed by atoms with Gasteiger partial charge in [-0.1, -0.05) is 29.8 Å². The number of halogens is 1. The number of hydrogen-bond donors (Lipinski definition) is 2. The Morgan fingerprint density at radius 1 is 1.08 bits per heavy atom. The lowest BCUT2D eigenvalue weighted by Crippen LogP contribution is -2.44. The number of amides is 2.